The number of aromatic nitrogens is 3. The Morgan fingerprint density at radius 2 is 1.93 bits per heavy atom. The average Bonchev–Trinajstić information content (AvgIpc) is 3.21. The first-order valence-corrected chi connectivity index (χ1v) is 9.33. The summed E-state index contributed by atoms with van der Waals surface area (Å²) < 4.78 is 7.58. The molecule has 1 amide bonds. The molecule has 1 saturated heterocycles. The van der Waals surface area contributed by atoms with E-state index in [-0.39, 0.29) is 11.8 Å². The molecule has 0 spiro atoms. The van der Waals surface area contributed by atoms with Crippen LogP contribution in [-0.2, 0) is 11.2 Å². The van der Waals surface area contributed by atoms with Crippen LogP contribution >= 0.6 is 0 Å². The van der Waals surface area contributed by atoms with Crippen LogP contribution in [-0.4, -0.2) is 58.2 Å². The number of piperazine rings is 1. The zero-order valence-corrected chi connectivity index (χ0v) is 15.0. The third-order valence-corrected chi connectivity index (χ3v) is 5.38. The molecule has 4 heterocycles. The quantitative estimate of drug-likeness (QED) is 0.693. The van der Waals surface area contributed by atoms with Gasteiger partial charge >= 0.3 is 0 Å². The first-order chi connectivity index (χ1) is 13.3. The van der Waals surface area contributed by atoms with Gasteiger partial charge in [-0.15, -0.1) is 5.10 Å². The predicted octanol–water partition coefficient (Wildman–Crippen LogP) is 1.63. The minimum absolute atomic E-state index is 0.0909. The van der Waals surface area contributed by atoms with Gasteiger partial charge in [0.2, 0.25) is 5.91 Å². The third kappa shape index (κ3) is 2.99. The summed E-state index contributed by atoms with van der Waals surface area (Å²) in [4.78, 5) is 21.4. The van der Waals surface area contributed by atoms with E-state index >= 15 is 0 Å². The van der Waals surface area contributed by atoms with E-state index in [1.54, 1.807) is 10.7 Å². The molecule has 7 nitrogen and oxygen atoms in total. The number of hydrogen-bond donors (Lipinski definition) is 0. The molecule has 0 aliphatic carbocycles. The monoisotopic (exact) mass is 363 g/mol. The van der Waals surface area contributed by atoms with Gasteiger partial charge < -0.3 is 14.5 Å². The molecule has 0 radical (unpaired) electrons. The first kappa shape index (κ1) is 16.1. The predicted molar refractivity (Wildman–Crippen MR) is 101 cm³/mol. The van der Waals surface area contributed by atoms with Crippen molar-refractivity contribution in [2.75, 3.05) is 37.7 Å². The number of benzene rings is 1. The van der Waals surface area contributed by atoms with E-state index in [0.29, 0.717) is 19.7 Å². The van der Waals surface area contributed by atoms with Crippen molar-refractivity contribution in [3.8, 4) is 5.75 Å². The van der Waals surface area contributed by atoms with E-state index in [0.717, 1.165) is 42.3 Å². The molecule has 7 heteroatoms. The third-order valence-electron chi connectivity index (χ3n) is 5.38. The summed E-state index contributed by atoms with van der Waals surface area (Å²) in [5, 5.41) is 4.60. The Morgan fingerprint density at radius 3 is 2.81 bits per heavy atom. The largest absolute Gasteiger partial charge is 0.492 e. The number of anilines is 1. The van der Waals surface area contributed by atoms with Crippen molar-refractivity contribution in [2.24, 2.45) is 5.92 Å². The maximum absolute atomic E-state index is 12.9. The van der Waals surface area contributed by atoms with Crippen LogP contribution in [0.1, 0.15) is 5.56 Å². The molecule has 0 saturated carbocycles. The number of ether oxygens (including phenoxy) is 1. The minimum atomic E-state index is -0.0909. The zero-order chi connectivity index (χ0) is 18.2. The summed E-state index contributed by atoms with van der Waals surface area (Å²) in [6, 6.07) is 11.9. The number of imidazole rings is 1. The summed E-state index contributed by atoms with van der Waals surface area (Å²) >= 11 is 0. The van der Waals surface area contributed by atoms with E-state index in [1.807, 2.05) is 47.5 Å². The highest BCUT2D eigenvalue weighted by atomic mass is 16.5. The van der Waals surface area contributed by atoms with Gasteiger partial charge in [0.15, 0.2) is 5.65 Å². The molecule has 2 aliphatic heterocycles. The normalized spacial score (nSPS) is 19.6. The lowest BCUT2D eigenvalue weighted by Crippen LogP contribution is -2.52. The number of amides is 1. The molecule has 3 aromatic rings. The van der Waals surface area contributed by atoms with Gasteiger partial charge in [-0.1, -0.05) is 18.2 Å². The number of nitrogens with zero attached hydrogens (tertiary/aromatic N) is 5. The highest BCUT2D eigenvalue weighted by Gasteiger charge is 2.31. The molecule has 0 N–H and O–H groups in total. The van der Waals surface area contributed by atoms with Gasteiger partial charge in [-0.3, -0.25) is 4.79 Å². The SMILES string of the molecule is O=C([C@H]1COc2ccccc2C1)N1CCN(c2ccc3nccn3n2)CC1. The summed E-state index contributed by atoms with van der Waals surface area (Å²) in [5.41, 5.74) is 1.96. The first-order valence-electron chi connectivity index (χ1n) is 9.33. The lowest BCUT2D eigenvalue weighted by Gasteiger charge is -2.37. The van der Waals surface area contributed by atoms with Crippen LogP contribution in [0.2, 0.25) is 0 Å². The molecule has 1 aromatic carbocycles. The number of fused-ring (bicyclic) bond motifs is 2. The molecule has 1 atom stereocenters. The van der Waals surface area contributed by atoms with Crippen LogP contribution in [0.25, 0.3) is 5.65 Å². The Hall–Kier alpha value is -3.09. The van der Waals surface area contributed by atoms with Gasteiger partial charge in [0, 0.05) is 38.6 Å². The molecule has 2 aliphatic rings. The maximum atomic E-state index is 12.9. The zero-order valence-electron chi connectivity index (χ0n) is 15.0. The highest BCUT2D eigenvalue weighted by Crippen LogP contribution is 2.28. The summed E-state index contributed by atoms with van der Waals surface area (Å²) in [6.45, 7) is 3.45. The molecule has 0 unspecified atom stereocenters. The second-order valence-corrected chi connectivity index (χ2v) is 7.05. The smallest absolute Gasteiger partial charge is 0.229 e. The van der Waals surface area contributed by atoms with Crippen molar-refractivity contribution in [1.82, 2.24) is 19.5 Å². The molecule has 2 aromatic heterocycles. The fraction of sp³-hybridized carbons (Fsp3) is 0.350. The van der Waals surface area contributed by atoms with Crippen molar-refractivity contribution < 1.29 is 9.53 Å². The Balaban J connectivity index is 1.23. The molecule has 5 rings (SSSR count). The molecule has 138 valence electrons. The maximum Gasteiger partial charge on any atom is 0.229 e. The van der Waals surface area contributed by atoms with E-state index < -0.39 is 0 Å². The Labute approximate surface area is 157 Å². The van der Waals surface area contributed by atoms with Crippen LogP contribution in [0, 0.1) is 5.92 Å². The van der Waals surface area contributed by atoms with Crippen LogP contribution in [0.3, 0.4) is 0 Å². The molecule has 0 bridgehead atoms. The second-order valence-electron chi connectivity index (χ2n) is 7.05. The lowest BCUT2D eigenvalue weighted by molar-refractivity contribution is -0.137. The molecular weight excluding hydrogens is 342 g/mol. The summed E-state index contributed by atoms with van der Waals surface area (Å²) in [6.07, 6.45) is 4.35. The average molecular weight is 363 g/mol. The van der Waals surface area contributed by atoms with E-state index in [4.69, 9.17) is 4.74 Å². The van der Waals surface area contributed by atoms with Crippen LogP contribution in [0.4, 0.5) is 5.82 Å². The van der Waals surface area contributed by atoms with Crippen molar-refractivity contribution >= 4 is 17.4 Å². The van der Waals surface area contributed by atoms with Gasteiger partial charge in [-0.2, -0.15) is 0 Å². The van der Waals surface area contributed by atoms with Gasteiger partial charge in [0.05, 0.1) is 5.92 Å². The van der Waals surface area contributed by atoms with Crippen LogP contribution in [0.5, 0.6) is 5.75 Å². The fourth-order valence-corrected chi connectivity index (χ4v) is 3.87. The van der Waals surface area contributed by atoms with Gasteiger partial charge in [-0.05, 0) is 30.2 Å². The topological polar surface area (TPSA) is 63.0 Å². The number of hydrogen-bond acceptors (Lipinski definition) is 5. The number of carbonyl (C=O) groups is 1. The van der Waals surface area contributed by atoms with E-state index in [9.17, 15) is 4.79 Å². The molecule has 1 fully saturated rings. The number of rotatable bonds is 2. The number of carbonyl (C=O) groups excluding carboxylic acids is 1. The Bertz CT molecular complexity index is 977. The van der Waals surface area contributed by atoms with Crippen molar-refractivity contribution in [1.29, 1.82) is 0 Å². The van der Waals surface area contributed by atoms with Gasteiger partial charge in [-0.25, -0.2) is 9.50 Å². The number of para-hydroxylation sites is 1. The Morgan fingerprint density at radius 1 is 1.07 bits per heavy atom. The van der Waals surface area contributed by atoms with E-state index in [1.165, 1.54) is 0 Å². The van der Waals surface area contributed by atoms with Crippen LogP contribution < -0.4 is 9.64 Å². The highest BCUT2D eigenvalue weighted by molar-refractivity contribution is 5.80. The fourth-order valence-electron chi connectivity index (χ4n) is 3.87. The van der Waals surface area contributed by atoms with Crippen molar-refractivity contribution in [2.45, 2.75) is 6.42 Å². The van der Waals surface area contributed by atoms with Gasteiger partial charge in [0.1, 0.15) is 18.2 Å². The minimum Gasteiger partial charge on any atom is -0.492 e. The van der Waals surface area contributed by atoms with Crippen LogP contribution in [0.15, 0.2) is 48.8 Å². The van der Waals surface area contributed by atoms with Crippen molar-refractivity contribution in [3.05, 3.63) is 54.4 Å². The Kier molecular flexibility index (Phi) is 3.92. The van der Waals surface area contributed by atoms with Crippen molar-refractivity contribution in [3.63, 3.8) is 0 Å². The molecular formula is C20H21N5O2. The van der Waals surface area contributed by atoms with Gasteiger partial charge in [0.25, 0.3) is 0 Å². The molecule has 27 heavy (non-hydrogen) atoms. The lowest BCUT2D eigenvalue weighted by atomic mass is 9.95. The summed E-state index contributed by atoms with van der Waals surface area (Å²) in [7, 11) is 0. The second kappa shape index (κ2) is 6.57. The standard InChI is InChI=1S/C20H21N5O2/c26-20(16-13-15-3-1-2-4-17(15)27-14-16)24-11-9-23(10-12-24)19-6-5-18-21-7-8-25(18)22-19/h1-8,16H,9-14H2/t16-/m1/s1. The van der Waals surface area contributed by atoms with E-state index in [2.05, 4.69) is 15.0 Å². The summed E-state index contributed by atoms with van der Waals surface area (Å²) in [5.74, 6) is 1.93.